The monoisotopic (exact) mass is 343 g/mol. The number of sulfonamides is 1. The largest absolute Gasteiger partial charge is 0.381 e. The van der Waals surface area contributed by atoms with Gasteiger partial charge in [0.25, 0.3) is 0 Å². The van der Waals surface area contributed by atoms with Crippen LogP contribution in [0, 0.1) is 17.8 Å². The van der Waals surface area contributed by atoms with Crippen molar-refractivity contribution in [1.29, 1.82) is 0 Å². The molecule has 4 atom stereocenters. The molecule has 0 aromatic heterocycles. The lowest BCUT2D eigenvalue weighted by molar-refractivity contribution is 0.188. The summed E-state index contributed by atoms with van der Waals surface area (Å²) < 4.78 is 33.2. The Kier molecular flexibility index (Phi) is 4.78. The highest BCUT2D eigenvalue weighted by Gasteiger charge is 2.42. The van der Waals surface area contributed by atoms with Gasteiger partial charge in [0.1, 0.15) is 0 Å². The summed E-state index contributed by atoms with van der Waals surface area (Å²) in [6.07, 6.45) is 1.88. The van der Waals surface area contributed by atoms with Gasteiger partial charge in [0.15, 0.2) is 0 Å². The number of halogens is 1. The Morgan fingerprint density at radius 1 is 1.36 bits per heavy atom. The summed E-state index contributed by atoms with van der Waals surface area (Å²) in [6.45, 7) is 3.37. The van der Waals surface area contributed by atoms with Crippen LogP contribution < -0.4 is 4.72 Å². The molecular formula is C16H22ClNO3S. The maximum atomic E-state index is 12.5. The molecule has 1 heterocycles. The van der Waals surface area contributed by atoms with Crippen LogP contribution >= 0.6 is 11.6 Å². The van der Waals surface area contributed by atoms with E-state index < -0.39 is 10.0 Å². The van der Waals surface area contributed by atoms with Gasteiger partial charge in [-0.15, -0.1) is 0 Å². The molecule has 4 nitrogen and oxygen atoms in total. The lowest BCUT2D eigenvalue weighted by Crippen LogP contribution is -2.34. The van der Waals surface area contributed by atoms with Gasteiger partial charge in [-0.05, 0) is 48.3 Å². The van der Waals surface area contributed by atoms with Crippen LogP contribution in [0.4, 0.5) is 0 Å². The summed E-state index contributed by atoms with van der Waals surface area (Å²) in [7, 11) is -3.31. The van der Waals surface area contributed by atoms with Crippen LogP contribution in [0.5, 0.6) is 0 Å². The van der Waals surface area contributed by atoms with Crippen molar-refractivity contribution < 1.29 is 13.2 Å². The molecule has 2 aliphatic rings. The Balaban J connectivity index is 1.73. The summed E-state index contributed by atoms with van der Waals surface area (Å²) in [5.74, 6) is 1.19. The van der Waals surface area contributed by atoms with Gasteiger partial charge < -0.3 is 4.74 Å². The minimum absolute atomic E-state index is 0.111. The molecule has 1 aliphatic carbocycles. The maximum Gasteiger partial charge on any atom is 0.212 e. The molecule has 0 bridgehead atoms. The van der Waals surface area contributed by atoms with Crippen molar-refractivity contribution in [1.82, 2.24) is 4.72 Å². The van der Waals surface area contributed by atoms with Crippen molar-refractivity contribution in [2.75, 3.05) is 19.0 Å². The Labute approximate surface area is 137 Å². The summed E-state index contributed by atoms with van der Waals surface area (Å²) in [6, 6.07) is 7.31. The van der Waals surface area contributed by atoms with E-state index >= 15 is 0 Å². The predicted octanol–water partition coefficient (Wildman–Crippen LogP) is 2.99. The normalized spacial score (nSPS) is 29.5. The molecule has 0 radical (unpaired) electrons. The zero-order valence-corrected chi connectivity index (χ0v) is 14.2. The van der Waals surface area contributed by atoms with Gasteiger partial charge in [-0.2, -0.15) is 0 Å². The summed E-state index contributed by atoms with van der Waals surface area (Å²) in [4.78, 5) is 0. The zero-order chi connectivity index (χ0) is 15.7. The van der Waals surface area contributed by atoms with E-state index in [2.05, 4.69) is 11.6 Å². The van der Waals surface area contributed by atoms with Crippen molar-refractivity contribution >= 4 is 21.6 Å². The first kappa shape index (κ1) is 16.2. The van der Waals surface area contributed by atoms with Gasteiger partial charge in [0.05, 0.1) is 12.4 Å². The molecule has 0 spiro atoms. The number of hydrogen-bond donors (Lipinski definition) is 1. The highest BCUT2D eigenvalue weighted by atomic mass is 35.5. The molecule has 3 rings (SSSR count). The zero-order valence-electron chi connectivity index (χ0n) is 12.7. The lowest BCUT2D eigenvalue weighted by atomic mass is 10.0. The molecule has 1 aromatic rings. The van der Waals surface area contributed by atoms with E-state index in [4.69, 9.17) is 16.3 Å². The van der Waals surface area contributed by atoms with Crippen LogP contribution in [0.2, 0.25) is 5.02 Å². The molecule has 2 fully saturated rings. The van der Waals surface area contributed by atoms with Gasteiger partial charge in [0.2, 0.25) is 10.0 Å². The van der Waals surface area contributed by atoms with E-state index in [-0.39, 0.29) is 17.7 Å². The Morgan fingerprint density at radius 3 is 2.59 bits per heavy atom. The van der Waals surface area contributed by atoms with Crippen LogP contribution in [0.3, 0.4) is 0 Å². The van der Waals surface area contributed by atoms with Crippen molar-refractivity contribution in [2.45, 2.75) is 25.8 Å². The molecule has 1 saturated heterocycles. The highest BCUT2D eigenvalue weighted by Crippen LogP contribution is 2.47. The van der Waals surface area contributed by atoms with Gasteiger partial charge in [-0.3, -0.25) is 0 Å². The molecule has 1 saturated carbocycles. The van der Waals surface area contributed by atoms with Crippen molar-refractivity contribution in [2.24, 2.45) is 17.8 Å². The Morgan fingerprint density at radius 2 is 2.05 bits per heavy atom. The van der Waals surface area contributed by atoms with E-state index in [0.29, 0.717) is 30.1 Å². The third-order valence-electron chi connectivity index (χ3n) is 4.61. The number of benzene rings is 1. The van der Waals surface area contributed by atoms with E-state index in [1.165, 1.54) is 0 Å². The van der Waals surface area contributed by atoms with Gasteiger partial charge in [-0.1, -0.05) is 30.7 Å². The van der Waals surface area contributed by atoms with E-state index in [0.717, 1.165) is 18.4 Å². The summed E-state index contributed by atoms with van der Waals surface area (Å²) >= 11 is 5.93. The molecule has 1 aromatic carbocycles. The summed E-state index contributed by atoms with van der Waals surface area (Å²) in [5.41, 5.74) is 0.991. The fraction of sp³-hybridized carbons (Fsp3) is 0.625. The Hall–Kier alpha value is -0.620. The van der Waals surface area contributed by atoms with Crippen LogP contribution in [-0.4, -0.2) is 27.4 Å². The summed E-state index contributed by atoms with van der Waals surface area (Å²) in [5, 5.41) is 0.664. The Bertz CT molecular complexity index is 611. The maximum absolute atomic E-state index is 12.5. The minimum Gasteiger partial charge on any atom is -0.381 e. The quantitative estimate of drug-likeness (QED) is 0.863. The molecule has 1 N–H and O–H groups in total. The van der Waals surface area contributed by atoms with Gasteiger partial charge >= 0.3 is 0 Å². The van der Waals surface area contributed by atoms with Crippen LogP contribution in [0.1, 0.15) is 31.4 Å². The van der Waals surface area contributed by atoms with Crippen LogP contribution in [-0.2, 0) is 14.8 Å². The fourth-order valence-corrected chi connectivity index (χ4v) is 4.96. The number of hydrogen-bond acceptors (Lipinski definition) is 3. The SMILES string of the molecule is C[C@@H]1C[C@@H]1[C@H](NS(=O)(=O)C[C@H]1CCOC1)c1ccc(Cl)cc1. The second kappa shape index (κ2) is 6.48. The van der Waals surface area contributed by atoms with E-state index in [1.807, 2.05) is 24.3 Å². The smallest absolute Gasteiger partial charge is 0.212 e. The highest BCUT2D eigenvalue weighted by molar-refractivity contribution is 7.89. The first-order chi connectivity index (χ1) is 10.4. The standard InChI is InChI=1S/C16H22ClNO3S/c1-11-8-15(11)16(13-2-4-14(17)5-3-13)18-22(19,20)10-12-6-7-21-9-12/h2-5,11-12,15-16,18H,6-10H2,1H3/t11-,12+,15+,16-/m1/s1. The molecule has 6 heteroatoms. The number of nitrogens with one attached hydrogen (secondary N) is 1. The van der Waals surface area contributed by atoms with Crippen LogP contribution in [0.25, 0.3) is 0 Å². The second-order valence-electron chi connectivity index (χ2n) is 6.53. The second-order valence-corrected chi connectivity index (χ2v) is 8.77. The fourth-order valence-electron chi connectivity index (χ4n) is 3.15. The molecule has 22 heavy (non-hydrogen) atoms. The van der Waals surface area contributed by atoms with Gasteiger partial charge in [-0.25, -0.2) is 13.1 Å². The van der Waals surface area contributed by atoms with Crippen LogP contribution in [0.15, 0.2) is 24.3 Å². The molecule has 0 amide bonds. The lowest BCUT2D eigenvalue weighted by Gasteiger charge is -2.20. The van der Waals surface area contributed by atoms with Crippen molar-refractivity contribution in [3.8, 4) is 0 Å². The molecule has 0 unspecified atom stereocenters. The third kappa shape index (κ3) is 4.02. The number of rotatable bonds is 6. The van der Waals surface area contributed by atoms with E-state index in [9.17, 15) is 8.42 Å². The van der Waals surface area contributed by atoms with Crippen molar-refractivity contribution in [3.05, 3.63) is 34.9 Å². The molecule has 1 aliphatic heterocycles. The average molecular weight is 344 g/mol. The van der Waals surface area contributed by atoms with Gasteiger partial charge in [0, 0.05) is 17.7 Å². The third-order valence-corrected chi connectivity index (χ3v) is 6.39. The number of ether oxygens (including phenoxy) is 1. The van der Waals surface area contributed by atoms with E-state index in [1.54, 1.807) is 0 Å². The topological polar surface area (TPSA) is 55.4 Å². The molecular weight excluding hydrogens is 322 g/mol. The predicted molar refractivity (Wildman–Crippen MR) is 87.3 cm³/mol. The minimum atomic E-state index is -3.31. The van der Waals surface area contributed by atoms with Crippen molar-refractivity contribution in [3.63, 3.8) is 0 Å². The molecule has 122 valence electrons. The first-order valence-corrected chi connectivity index (χ1v) is 9.81. The average Bonchev–Trinajstić information content (AvgIpc) is 2.95. The first-order valence-electron chi connectivity index (χ1n) is 7.78.